The van der Waals surface area contributed by atoms with Gasteiger partial charge in [0.05, 0.1) is 0 Å². The monoisotopic (exact) mass is 194 g/mol. The van der Waals surface area contributed by atoms with Crippen molar-refractivity contribution in [3.05, 3.63) is 28.8 Å². The van der Waals surface area contributed by atoms with Crippen molar-refractivity contribution in [2.45, 2.75) is 27.2 Å². The molecule has 0 fully saturated rings. The highest BCUT2D eigenvalue weighted by atomic mass is 16.7. The topological polar surface area (TPSA) is 46.5 Å². The van der Waals surface area contributed by atoms with Crippen LogP contribution >= 0.6 is 0 Å². The fraction of sp³-hybridized carbons (Fsp3) is 0.364. The summed E-state index contributed by atoms with van der Waals surface area (Å²) in [7, 11) is 0. The van der Waals surface area contributed by atoms with Crippen molar-refractivity contribution >= 4 is 6.16 Å². The zero-order chi connectivity index (χ0) is 10.7. The van der Waals surface area contributed by atoms with E-state index in [0.29, 0.717) is 5.75 Å². The molecule has 0 saturated heterocycles. The standard InChI is InChI=1S/C11H14O3/c1-4-9-7(2)5-6-10(8(9)3)14-11(12)13/h5-6H,4H2,1-3H3,(H,12,13). The van der Waals surface area contributed by atoms with E-state index in [-0.39, 0.29) is 0 Å². The van der Waals surface area contributed by atoms with E-state index in [0.717, 1.165) is 17.5 Å². The molecule has 0 atom stereocenters. The van der Waals surface area contributed by atoms with E-state index in [4.69, 9.17) is 5.11 Å². The second-order valence-corrected chi connectivity index (χ2v) is 3.21. The van der Waals surface area contributed by atoms with Gasteiger partial charge in [-0.2, -0.15) is 0 Å². The molecule has 0 aliphatic heterocycles. The Labute approximate surface area is 83.3 Å². The number of carbonyl (C=O) groups is 1. The summed E-state index contributed by atoms with van der Waals surface area (Å²) in [5.74, 6) is 0.431. The Kier molecular flexibility index (Phi) is 3.12. The van der Waals surface area contributed by atoms with Crippen LogP contribution in [0.25, 0.3) is 0 Å². The first kappa shape index (κ1) is 10.6. The van der Waals surface area contributed by atoms with Crippen molar-refractivity contribution in [1.29, 1.82) is 0 Å². The maximum absolute atomic E-state index is 10.4. The van der Waals surface area contributed by atoms with Crippen LogP contribution < -0.4 is 4.74 Å². The molecule has 1 aromatic rings. The molecule has 0 spiro atoms. The van der Waals surface area contributed by atoms with Crippen LogP contribution in [-0.2, 0) is 6.42 Å². The number of hydrogen-bond donors (Lipinski definition) is 1. The van der Waals surface area contributed by atoms with Gasteiger partial charge in [-0.05, 0) is 43.0 Å². The Balaban J connectivity index is 3.14. The quantitative estimate of drug-likeness (QED) is 0.581. The van der Waals surface area contributed by atoms with Crippen molar-refractivity contribution in [3.8, 4) is 5.75 Å². The van der Waals surface area contributed by atoms with Crippen molar-refractivity contribution < 1.29 is 14.6 Å². The molecule has 1 aromatic carbocycles. The van der Waals surface area contributed by atoms with E-state index in [9.17, 15) is 4.79 Å². The van der Waals surface area contributed by atoms with Crippen LogP contribution in [0.3, 0.4) is 0 Å². The second-order valence-electron chi connectivity index (χ2n) is 3.21. The van der Waals surface area contributed by atoms with Crippen LogP contribution in [0.1, 0.15) is 23.6 Å². The Morgan fingerprint density at radius 1 is 1.43 bits per heavy atom. The highest BCUT2D eigenvalue weighted by Gasteiger charge is 2.09. The number of ether oxygens (including phenoxy) is 1. The zero-order valence-corrected chi connectivity index (χ0v) is 8.63. The molecule has 0 heterocycles. The number of carboxylic acid groups (broad SMARTS) is 1. The van der Waals surface area contributed by atoms with Gasteiger partial charge in [0.15, 0.2) is 0 Å². The van der Waals surface area contributed by atoms with E-state index >= 15 is 0 Å². The minimum Gasteiger partial charge on any atom is -0.449 e. The fourth-order valence-corrected chi connectivity index (χ4v) is 1.62. The van der Waals surface area contributed by atoms with Gasteiger partial charge in [-0.3, -0.25) is 0 Å². The van der Waals surface area contributed by atoms with Crippen LogP contribution in [-0.4, -0.2) is 11.3 Å². The summed E-state index contributed by atoms with van der Waals surface area (Å²) >= 11 is 0. The van der Waals surface area contributed by atoms with Gasteiger partial charge >= 0.3 is 6.16 Å². The summed E-state index contributed by atoms with van der Waals surface area (Å²) in [6, 6.07) is 3.57. The van der Waals surface area contributed by atoms with Gasteiger partial charge in [0.1, 0.15) is 5.75 Å². The van der Waals surface area contributed by atoms with Crippen LogP contribution in [0.4, 0.5) is 4.79 Å². The molecule has 0 unspecified atom stereocenters. The number of benzene rings is 1. The van der Waals surface area contributed by atoms with E-state index in [1.807, 2.05) is 26.8 Å². The molecule has 0 amide bonds. The van der Waals surface area contributed by atoms with Gasteiger partial charge < -0.3 is 9.84 Å². The smallest absolute Gasteiger partial charge is 0.449 e. The predicted molar refractivity (Wildman–Crippen MR) is 53.9 cm³/mol. The van der Waals surface area contributed by atoms with E-state index in [2.05, 4.69) is 4.74 Å². The zero-order valence-electron chi connectivity index (χ0n) is 8.63. The van der Waals surface area contributed by atoms with Crippen molar-refractivity contribution in [1.82, 2.24) is 0 Å². The maximum Gasteiger partial charge on any atom is 0.511 e. The largest absolute Gasteiger partial charge is 0.511 e. The fourth-order valence-electron chi connectivity index (χ4n) is 1.62. The van der Waals surface area contributed by atoms with Gasteiger partial charge in [0.25, 0.3) is 0 Å². The molecule has 1 rings (SSSR count). The predicted octanol–water partition coefficient (Wildman–Crippen LogP) is 2.92. The van der Waals surface area contributed by atoms with E-state index in [1.54, 1.807) is 6.07 Å². The first-order valence-corrected chi connectivity index (χ1v) is 4.56. The molecular weight excluding hydrogens is 180 g/mol. The first-order valence-electron chi connectivity index (χ1n) is 4.56. The van der Waals surface area contributed by atoms with Gasteiger partial charge in [-0.1, -0.05) is 13.0 Å². The summed E-state index contributed by atoms with van der Waals surface area (Å²) in [4.78, 5) is 10.4. The third-order valence-corrected chi connectivity index (χ3v) is 2.33. The number of hydrogen-bond acceptors (Lipinski definition) is 2. The lowest BCUT2D eigenvalue weighted by atomic mass is 10.00. The summed E-state index contributed by atoms with van der Waals surface area (Å²) in [6.07, 6.45) is -0.381. The first-order chi connectivity index (χ1) is 6.56. The molecule has 1 N–H and O–H groups in total. The number of rotatable bonds is 2. The van der Waals surface area contributed by atoms with Crippen LogP contribution in [0.5, 0.6) is 5.75 Å². The van der Waals surface area contributed by atoms with Gasteiger partial charge in [0.2, 0.25) is 0 Å². The molecule has 76 valence electrons. The SMILES string of the molecule is CCc1c(C)ccc(OC(=O)O)c1C. The minimum atomic E-state index is -1.26. The normalized spacial score (nSPS) is 9.93. The molecule has 0 aromatic heterocycles. The lowest BCUT2D eigenvalue weighted by molar-refractivity contribution is 0.144. The number of aryl methyl sites for hydroxylation is 1. The lowest BCUT2D eigenvalue weighted by Gasteiger charge is -2.11. The van der Waals surface area contributed by atoms with Crippen LogP contribution in [0, 0.1) is 13.8 Å². The molecule has 0 radical (unpaired) electrons. The molecule has 3 heteroatoms. The lowest BCUT2D eigenvalue weighted by Crippen LogP contribution is -2.05. The van der Waals surface area contributed by atoms with Crippen molar-refractivity contribution in [3.63, 3.8) is 0 Å². The summed E-state index contributed by atoms with van der Waals surface area (Å²) in [5.41, 5.74) is 3.24. The third-order valence-electron chi connectivity index (χ3n) is 2.33. The molecular formula is C11H14O3. The molecule has 3 nitrogen and oxygen atoms in total. The van der Waals surface area contributed by atoms with Crippen molar-refractivity contribution in [2.24, 2.45) is 0 Å². The van der Waals surface area contributed by atoms with Crippen LogP contribution in [0.15, 0.2) is 12.1 Å². The van der Waals surface area contributed by atoms with Crippen LogP contribution in [0.2, 0.25) is 0 Å². The van der Waals surface area contributed by atoms with Crippen molar-refractivity contribution in [2.75, 3.05) is 0 Å². The molecule has 0 bridgehead atoms. The summed E-state index contributed by atoms with van der Waals surface area (Å²) in [6.45, 7) is 5.93. The Morgan fingerprint density at radius 3 is 2.57 bits per heavy atom. The van der Waals surface area contributed by atoms with Gasteiger partial charge in [-0.15, -0.1) is 0 Å². The molecule has 0 saturated carbocycles. The Hall–Kier alpha value is -1.51. The van der Waals surface area contributed by atoms with E-state index in [1.165, 1.54) is 5.56 Å². The average Bonchev–Trinajstić information content (AvgIpc) is 2.10. The Morgan fingerprint density at radius 2 is 2.07 bits per heavy atom. The average molecular weight is 194 g/mol. The highest BCUT2D eigenvalue weighted by molar-refractivity contribution is 5.62. The summed E-state index contributed by atoms with van der Waals surface area (Å²) < 4.78 is 4.66. The van der Waals surface area contributed by atoms with E-state index < -0.39 is 6.16 Å². The molecule has 14 heavy (non-hydrogen) atoms. The maximum atomic E-state index is 10.4. The minimum absolute atomic E-state index is 0.431. The summed E-state index contributed by atoms with van der Waals surface area (Å²) in [5, 5.41) is 8.50. The van der Waals surface area contributed by atoms with Gasteiger partial charge in [0, 0.05) is 0 Å². The highest BCUT2D eigenvalue weighted by Crippen LogP contribution is 2.24. The Bertz CT molecular complexity index is 356. The second kappa shape index (κ2) is 4.13. The molecule has 0 aliphatic rings. The molecule has 0 aliphatic carbocycles. The van der Waals surface area contributed by atoms with Gasteiger partial charge in [-0.25, -0.2) is 4.79 Å². The third kappa shape index (κ3) is 2.05.